The SMILES string of the molecule is CCn1cc(C(CN)N2CCOCC2)cn1. The highest BCUT2D eigenvalue weighted by atomic mass is 16.5. The van der Waals surface area contributed by atoms with E-state index in [4.69, 9.17) is 10.5 Å². The van der Waals surface area contributed by atoms with Crippen LogP contribution in [0.15, 0.2) is 12.4 Å². The van der Waals surface area contributed by atoms with Gasteiger partial charge in [0.05, 0.1) is 25.5 Å². The molecule has 0 spiro atoms. The zero-order chi connectivity index (χ0) is 11.4. The number of nitrogens with two attached hydrogens (primary N) is 1. The van der Waals surface area contributed by atoms with E-state index in [9.17, 15) is 0 Å². The van der Waals surface area contributed by atoms with Gasteiger partial charge < -0.3 is 10.5 Å². The fourth-order valence-corrected chi connectivity index (χ4v) is 2.11. The van der Waals surface area contributed by atoms with Crippen LogP contribution in [0.25, 0.3) is 0 Å². The highest BCUT2D eigenvalue weighted by Gasteiger charge is 2.22. The van der Waals surface area contributed by atoms with Crippen molar-refractivity contribution >= 4 is 0 Å². The highest BCUT2D eigenvalue weighted by molar-refractivity contribution is 5.11. The molecule has 1 unspecified atom stereocenters. The van der Waals surface area contributed by atoms with E-state index in [1.54, 1.807) is 0 Å². The first-order valence-electron chi connectivity index (χ1n) is 5.89. The predicted molar refractivity (Wildman–Crippen MR) is 62.1 cm³/mol. The van der Waals surface area contributed by atoms with Gasteiger partial charge in [-0.3, -0.25) is 9.58 Å². The van der Waals surface area contributed by atoms with Crippen molar-refractivity contribution in [2.24, 2.45) is 5.73 Å². The third-order valence-corrected chi connectivity index (χ3v) is 3.07. The molecule has 1 aliphatic heterocycles. The van der Waals surface area contributed by atoms with E-state index < -0.39 is 0 Å². The van der Waals surface area contributed by atoms with Gasteiger partial charge in [0, 0.05) is 37.9 Å². The lowest BCUT2D eigenvalue weighted by Gasteiger charge is -2.33. The van der Waals surface area contributed by atoms with Crippen LogP contribution in [0.2, 0.25) is 0 Å². The molecule has 1 aromatic rings. The van der Waals surface area contributed by atoms with Crippen LogP contribution in [0.3, 0.4) is 0 Å². The van der Waals surface area contributed by atoms with Crippen molar-refractivity contribution in [1.29, 1.82) is 0 Å². The van der Waals surface area contributed by atoms with E-state index >= 15 is 0 Å². The molecular formula is C11H20N4O. The lowest BCUT2D eigenvalue weighted by Crippen LogP contribution is -2.41. The molecule has 2 N–H and O–H groups in total. The molecule has 2 rings (SSSR count). The second kappa shape index (κ2) is 5.43. The second-order valence-electron chi connectivity index (χ2n) is 4.03. The normalized spacial score (nSPS) is 19.9. The molecule has 0 saturated carbocycles. The Morgan fingerprint density at radius 1 is 1.50 bits per heavy atom. The van der Waals surface area contributed by atoms with Crippen LogP contribution < -0.4 is 5.73 Å². The lowest BCUT2D eigenvalue weighted by atomic mass is 10.1. The smallest absolute Gasteiger partial charge is 0.0594 e. The molecule has 1 aliphatic rings. The molecule has 0 radical (unpaired) electrons. The number of aryl methyl sites for hydroxylation is 1. The van der Waals surface area contributed by atoms with E-state index in [0.717, 1.165) is 32.8 Å². The van der Waals surface area contributed by atoms with Gasteiger partial charge in [0.25, 0.3) is 0 Å². The topological polar surface area (TPSA) is 56.3 Å². The van der Waals surface area contributed by atoms with Gasteiger partial charge >= 0.3 is 0 Å². The Labute approximate surface area is 96.2 Å². The van der Waals surface area contributed by atoms with Crippen LogP contribution in [0.4, 0.5) is 0 Å². The number of aromatic nitrogens is 2. The number of morpholine rings is 1. The average Bonchev–Trinajstić information content (AvgIpc) is 2.80. The number of hydrogen-bond acceptors (Lipinski definition) is 4. The minimum absolute atomic E-state index is 0.282. The maximum Gasteiger partial charge on any atom is 0.0594 e. The maximum absolute atomic E-state index is 5.87. The van der Waals surface area contributed by atoms with E-state index in [-0.39, 0.29) is 6.04 Å². The zero-order valence-corrected chi connectivity index (χ0v) is 9.80. The van der Waals surface area contributed by atoms with Gasteiger partial charge in [-0.05, 0) is 6.92 Å². The molecular weight excluding hydrogens is 204 g/mol. The molecule has 5 heteroatoms. The number of nitrogens with zero attached hydrogens (tertiary/aromatic N) is 3. The zero-order valence-electron chi connectivity index (χ0n) is 9.80. The van der Waals surface area contributed by atoms with Crippen molar-refractivity contribution in [3.8, 4) is 0 Å². The van der Waals surface area contributed by atoms with E-state index in [1.807, 2.05) is 10.9 Å². The summed E-state index contributed by atoms with van der Waals surface area (Å²) in [6.07, 6.45) is 4.02. The summed E-state index contributed by atoms with van der Waals surface area (Å²) >= 11 is 0. The summed E-state index contributed by atoms with van der Waals surface area (Å²) in [6.45, 7) is 7.15. The monoisotopic (exact) mass is 224 g/mol. The third-order valence-electron chi connectivity index (χ3n) is 3.07. The molecule has 1 atom stereocenters. The van der Waals surface area contributed by atoms with Crippen LogP contribution in [0.1, 0.15) is 18.5 Å². The number of rotatable bonds is 4. The van der Waals surface area contributed by atoms with Gasteiger partial charge in [0.1, 0.15) is 0 Å². The van der Waals surface area contributed by atoms with Gasteiger partial charge in [-0.15, -0.1) is 0 Å². The van der Waals surface area contributed by atoms with Gasteiger partial charge in [0.15, 0.2) is 0 Å². The fourth-order valence-electron chi connectivity index (χ4n) is 2.11. The van der Waals surface area contributed by atoms with Gasteiger partial charge in [-0.1, -0.05) is 0 Å². The van der Waals surface area contributed by atoms with E-state index in [1.165, 1.54) is 5.56 Å². The molecule has 0 amide bonds. The summed E-state index contributed by atoms with van der Waals surface area (Å²) < 4.78 is 7.30. The van der Waals surface area contributed by atoms with Crippen LogP contribution in [-0.4, -0.2) is 47.5 Å². The van der Waals surface area contributed by atoms with Crippen LogP contribution in [-0.2, 0) is 11.3 Å². The molecule has 5 nitrogen and oxygen atoms in total. The van der Waals surface area contributed by atoms with Crippen LogP contribution in [0.5, 0.6) is 0 Å². The first kappa shape index (κ1) is 11.6. The minimum Gasteiger partial charge on any atom is -0.379 e. The Balaban J connectivity index is 2.08. The quantitative estimate of drug-likeness (QED) is 0.795. The molecule has 0 aromatic carbocycles. The van der Waals surface area contributed by atoms with Crippen LogP contribution in [0, 0.1) is 0 Å². The molecule has 1 saturated heterocycles. The summed E-state index contributed by atoms with van der Waals surface area (Å²) in [6, 6.07) is 0.282. The van der Waals surface area contributed by atoms with Gasteiger partial charge in [0.2, 0.25) is 0 Å². The highest BCUT2D eigenvalue weighted by Crippen LogP contribution is 2.19. The lowest BCUT2D eigenvalue weighted by molar-refractivity contribution is 0.0179. The first-order chi connectivity index (χ1) is 7.85. The summed E-state index contributed by atoms with van der Waals surface area (Å²) in [5.74, 6) is 0. The predicted octanol–water partition coefficient (Wildman–Crippen LogP) is 0.235. The fraction of sp³-hybridized carbons (Fsp3) is 0.727. The Kier molecular flexibility index (Phi) is 3.93. The third kappa shape index (κ3) is 2.42. The van der Waals surface area contributed by atoms with E-state index in [0.29, 0.717) is 6.54 Å². The molecule has 1 aromatic heterocycles. The summed E-state index contributed by atoms with van der Waals surface area (Å²) in [5.41, 5.74) is 7.08. The molecule has 0 bridgehead atoms. The van der Waals surface area contributed by atoms with Crippen LogP contribution >= 0.6 is 0 Å². The van der Waals surface area contributed by atoms with Crippen molar-refractivity contribution < 1.29 is 4.74 Å². The second-order valence-corrected chi connectivity index (χ2v) is 4.03. The molecule has 1 fully saturated rings. The van der Waals surface area contributed by atoms with Gasteiger partial charge in [-0.2, -0.15) is 5.10 Å². The summed E-state index contributed by atoms with van der Waals surface area (Å²) in [5, 5.41) is 4.30. The first-order valence-corrected chi connectivity index (χ1v) is 5.89. The van der Waals surface area contributed by atoms with Crippen molar-refractivity contribution in [3.63, 3.8) is 0 Å². The Morgan fingerprint density at radius 3 is 2.81 bits per heavy atom. The van der Waals surface area contributed by atoms with Gasteiger partial charge in [-0.25, -0.2) is 0 Å². The van der Waals surface area contributed by atoms with Crippen molar-refractivity contribution in [2.45, 2.75) is 19.5 Å². The number of ether oxygens (including phenoxy) is 1. The standard InChI is InChI=1S/C11H20N4O/c1-2-15-9-10(8-13-15)11(7-12)14-3-5-16-6-4-14/h8-9,11H,2-7,12H2,1H3. The molecule has 16 heavy (non-hydrogen) atoms. The van der Waals surface area contributed by atoms with Crippen molar-refractivity contribution in [3.05, 3.63) is 18.0 Å². The van der Waals surface area contributed by atoms with Crippen molar-refractivity contribution in [2.75, 3.05) is 32.8 Å². The molecule has 2 heterocycles. The Morgan fingerprint density at radius 2 is 2.25 bits per heavy atom. The molecule has 0 aliphatic carbocycles. The van der Waals surface area contributed by atoms with E-state index in [2.05, 4.69) is 23.1 Å². The summed E-state index contributed by atoms with van der Waals surface area (Å²) in [7, 11) is 0. The van der Waals surface area contributed by atoms with Crippen molar-refractivity contribution in [1.82, 2.24) is 14.7 Å². The molecule has 90 valence electrons. The largest absolute Gasteiger partial charge is 0.379 e. The Hall–Kier alpha value is -0.910. The average molecular weight is 224 g/mol. The summed E-state index contributed by atoms with van der Waals surface area (Å²) in [4.78, 5) is 2.38. The Bertz CT molecular complexity index is 320. The minimum atomic E-state index is 0.282. The maximum atomic E-state index is 5.87. The number of hydrogen-bond donors (Lipinski definition) is 1.